The monoisotopic (exact) mass is 353 g/mol. The van der Waals surface area contributed by atoms with Crippen LogP contribution in [0.25, 0.3) is 0 Å². The van der Waals surface area contributed by atoms with Gasteiger partial charge in [-0.2, -0.15) is 13.2 Å². The number of fused-ring (bicyclic) bond motifs is 1. The standard InChI is InChI=1S/C17H14F3NO4/c1-23-13-7-10(8-14-15(13)25-6-5-24-14)16(22)21-12-4-2-3-11(9-12)17(18,19)20/h2-4,7-9H,5-6H2,1H3,(H,21,22). The van der Waals surface area contributed by atoms with Gasteiger partial charge < -0.3 is 19.5 Å². The maximum Gasteiger partial charge on any atom is 0.416 e. The number of amides is 1. The molecule has 0 aliphatic carbocycles. The number of halogens is 3. The van der Waals surface area contributed by atoms with Gasteiger partial charge in [0.2, 0.25) is 5.75 Å². The average molecular weight is 353 g/mol. The highest BCUT2D eigenvalue weighted by atomic mass is 19.4. The summed E-state index contributed by atoms with van der Waals surface area (Å²) in [5.41, 5.74) is -0.628. The van der Waals surface area contributed by atoms with Crippen molar-refractivity contribution in [3.8, 4) is 17.2 Å². The van der Waals surface area contributed by atoms with Gasteiger partial charge in [-0.15, -0.1) is 0 Å². The molecule has 8 heteroatoms. The molecule has 1 aliphatic rings. The Balaban J connectivity index is 1.87. The van der Waals surface area contributed by atoms with Gasteiger partial charge in [0, 0.05) is 11.3 Å². The zero-order chi connectivity index (χ0) is 18.0. The van der Waals surface area contributed by atoms with Crippen molar-refractivity contribution in [1.29, 1.82) is 0 Å². The number of hydrogen-bond acceptors (Lipinski definition) is 4. The van der Waals surface area contributed by atoms with Crippen molar-refractivity contribution in [1.82, 2.24) is 0 Å². The van der Waals surface area contributed by atoms with E-state index in [2.05, 4.69) is 5.32 Å². The van der Waals surface area contributed by atoms with Crippen LogP contribution in [-0.2, 0) is 6.18 Å². The molecule has 0 unspecified atom stereocenters. The molecule has 0 atom stereocenters. The summed E-state index contributed by atoms with van der Waals surface area (Å²) in [6.45, 7) is 0.688. The van der Waals surface area contributed by atoms with E-state index in [1.54, 1.807) is 0 Å². The minimum Gasteiger partial charge on any atom is -0.493 e. The van der Waals surface area contributed by atoms with Crippen molar-refractivity contribution >= 4 is 11.6 Å². The van der Waals surface area contributed by atoms with Crippen molar-refractivity contribution in [2.75, 3.05) is 25.6 Å². The number of methoxy groups -OCH3 is 1. The molecule has 1 aliphatic heterocycles. The van der Waals surface area contributed by atoms with Gasteiger partial charge in [-0.25, -0.2) is 0 Å². The predicted octanol–water partition coefficient (Wildman–Crippen LogP) is 3.74. The number of alkyl halides is 3. The average Bonchev–Trinajstić information content (AvgIpc) is 2.60. The molecule has 1 heterocycles. The van der Waals surface area contributed by atoms with E-state index < -0.39 is 17.6 Å². The first kappa shape index (κ1) is 16.9. The van der Waals surface area contributed by atoms with Gasteiger partial charge in [-0.05, 0) is 30.3 Å². The predicted molar refractivity (Wildman–Crippen MR) is 83.4 cm³/mol. The Kier molecular flexibility index (Phi) is 4.43. The van der Waals surface area contributed by atoms with E-state index in [0.717, 1.165) is 12.1 Å². The second-order valence-electron chi connectivity index (χ2n) is 5.24. The fourth-order valence-electron chi connectivity index (χ4n) is 2.38. The van der Waals surface area contributed by atoms with Crippen LogP contribution in [0, 0.1) is 0 Å². The van der Waals surface area contributed by atoms with Crippen LogP contribution in [0.2, 0.25) is 0 Å². The van der Waals surface area contributed by atoms with E-state index in [4.69, 9.17) is 14.2 Å². The van der Waals surface area contributed by atoms with E-state index in [1.807, 2.05) is 0 Å². The summed E-state index contributed by atoms with van der Waals surface area (Å²) in [5, 5.41) is 2.44. The molecule has 0 saturated heterocycles. The largest absolute Gasteiger partial charge is 0.493 e. The lowest BCUT2D eigenvalue weighted by Crippen LogP contribution is -2.18. The highest BCUT2D eigenvalue weighted by Gasteiger charge is 2.30. The number of carbonyl (C=O) groups is 1. The first-order chi connectivity index (χ1) is 11.9. The second kappa shape index (κ2) is 6.54. The molecule has 0 radical (unpaired) electrons. The lowest BCUT2D eigenvalue weighted by Gasteiger charge is -2.21. The normalized spacial score (nSPS) is 13.3. The third kappa shape index (κ3) is 3.62. The smallest absolute Gasteiger partial charge is 0.416 e. The van der Waals surface area contributed by atoms with Gasteiger partial charge >= 0.3 is 6.18 Å². The Bertz CT molecular complexity index is 788. The van der Waals surface area contributed by atoms with Gasteiger partial charge in [-0.3, -0.25) is 4.79 Å². The molecular formula is C17H14F3NO4. The third-order valence-corrected chi connectivity index (χ3v) is 3.54. The maximum absolute atomic E-state index is 12.8. The number of rotatable bonds is 3. The topological polar surface area (TPSA) is 56.8 Å². The van der Waals surface area contributed by atoms with Crippen molar-refractivity contribution in [2.24, 2.45) is 0 Å². The summed E-state index contributed by atoms with van der Waals surface area (Å²) in [4.78, 5) is 12.4. The summed E-state index contributed by atoms with van der Waals surface area (Å²) in [7, 11) is 1.42. The zero-order valence-corrected chi connectivity index (χ0v) is 13.1. The summed E-state index contributed by atoms with van der Waals surface area (Å²) < 4.78 is 54.3. The lowest BCUT2D eigenvalue weighted by atomic mass is 10.1. The van der Waals surface area contributed by atoms with Gasteiger partial charge in [-0.1, -0.05) is 6.07 Å². The van der Waals surface area contributed by atoms with Gasteiger partial charge in [0.15, 0.2) is 11.5 Å². The molecule has 0 aromatic heterocycles. The summed E-state index contributed by atoms with van der Waals surface area (Å²) >= 11 is 0. The molecule has 0 bridgehead atoms. The first-order valence-corrected chi connectivity index (χ1v) is 7.35. The van der Waals surface area contributed by atoms with Gasteiger partial charge in [0.1, 0.15) is 13.2 Å². The molecule has 1 N–H and O–H groups in total. The van der Waals surface area contributed by atoms with Crippen LogP contribution >= 0.6 is 0 Å². The van der Waals surface area contributed by atoms with Gasteiger partial charge in [0.05, 0.1) is 12.7 Å². The number of hydrogen-bond donors (Lipinski definition) is 1. The number of ether oxygens (including phenoxy) is 3. The Morgan fingerprint density at radius 2 is 1.92 bits per heavy atom. The van der Waals surface area contributed by atoms with E-state index in [0.29, 0.717) is 30.5 Å². The van der Waals surface area contributed by atoms with Crippen LogP contribution in [0.5, 0.6) is 17.2 Å². The van der Waals surface area contributed by atoms with E-state index in [9.17, 15) is 18.0 Å². The summed E-state index contributed by atoms with van der Waals surface area (Å²) in [6.07, 6.45) is -4.49. The van der Waals surface area contributed by atoms with Crippen LogP contribution in [0.3, 0.4) is 0 Å². The van der Waals surface area contributed by atoms with Gasteiger partial charge in [0.25, 0.3) is 5.91 Å². The third-order valence-electron chi connectivity index (χ3n) is 3.54. The molecule has 2 aromatic carbocycles. The minimum absolute atomic E-state index is 0.0358. The first-order valence-electron chi connectivity index (χ1n) is 7.35. The van der Waals surface area contributed by atoms with Crippen LogP contribution in [-0.4, -0.2) is 26.2 Å². The fraction of sp³-hybridized carbons (Fsp3) is 0.235. The van der Waals surface area contributed by atoms with Crippen molar-refractivity contribution in [3.05, 3.63) is 47.5 Å². The number of carbonyl (C=O) groups excluding carboxylic acids is 1. The molecule has 0 saturated carbocycles. The van der Waals surface area contributed by atoms with Crippen LogP contribution < -0.4 is 19.5 Å². The lowest BCUT2D eigenvalue weighted by molar-refractivity contribution is -0.137. The highest BCUT2D eigenvalue weighted by Crippen LogP contribution is 2.40. The molecule has 1 amide bonds. The Labute approximate surface area is 141 Å². The number of nitrogens with one attached hydrogen (secondary N) is 1. The van der Waals surface area contributed by atoms with Crippen LogP contribution in [0.1, 0.15) is 15.9 Å². The van der Waals surface area contributed by atoms with Crippen molar-refractivity contribution in [3.63, 3.8) is 0 Å². The van der Waals surface area contributed by atoms with Crippen LogP contribution in [0.15, 0.2) is 36.4 Å². The SMILES string of the molecule is COc1cc(C(=O)Nc2cccc(C(F)(F)F)c2)cc2c1OCCO2. The maximum atomic E-state index is 12.8. The Morgan fingerprint density at radius 3 is 2.64 bits per heavy atom. The van der Waals surface area contributed by atoms with E-state index in [1.165, 1.54) is 31.4 Å². The molecular weight excluding hydrogens is 339 g/mol. The number of benzene rings is 2. The van der Waals surface area contributed by atoms with Crippen molar-refractivity contribution < 1.29 is 32.2 Å². The molecule has 132 valence electrons. The quantitative estimate of drug-likeness (QED) is 0.913. The molecule has 0 fully saturated rings. The van der Waals surface area contributed by atoms with Crippen molar-refractivity contribution in [2.45, 2.75) is 6.18 Å². The van der Waals surface area contributed by atoms with E-state index >= 15 is 0 Å². The van der Waals surface area contributed by atoms with E-state index in [-0.39, 0.29) is 11.3 Å². The Morgan fingerprint density at radius 1 is 1.16 bits per heavy atom. The molecule has 5 nitrogen and oxygen atoms in total. The fourth-order valence-corrected chi connectivity index (χ4v) is 2.38. The molecule has 25 heavy (non-hydrogen) atoms. The summed E-state index contributed by atoms with van der Waals surface area (Å²) in [6, 6.07) is 7.30. The zero-order valence-electron chi connectivity index (χ0n) is 13.1. The minimum atomic E-state index is -4.49. The molecule has 3 rings (SSSR count). The Hall–Kier alpha value is -2.90. The molecule has 2 aromatic rings. The summed E-state index contributed by atoms with van der Waals surface area (Å²) in [5.74, 6) is 0.463. The highest BCUT2D eigenvalue weighted by molar-refractivity contribution is 6.05. The molecule has 0 spiro atoms. The second-order valence-corrected chi connectivity index (χ2v) is 5.24. The number of anilines is 1. The van der Waals surface area contributed by atoms with Crippen LogP contribution in [0.4, 0.5) is 18.9 Å².